The number of aliphatic hydroxyl groups is 1. The van der Waals surface area contributed by atoms with Gasteiger partial charge in [-0.25, -0.2) is 9.97 Å². The molecule has 3 fully saturated rings. The van der Waals surface area contributed by atoms with Crippen molar-refractivity contribution in [2.24, 2.45) is 0 Å². The van der Waals surface area contributed by atoms with E-state index < -0.39 is 6.10 Å². The lowest BCUT2D eigenvalue weighted by molar-refractivity contribution is 0.0904. The Bertz CT molecular complexity index is 961. The Morgan fingerprint density at radius 1 is 1.06 bits per heavy atom. The highest BCUT2D eigenvalue weighted by atomic mass is 16.5. The van der Waals surface area contributed by atoms with Gasteiger partial charge in [0.1, 0.15) is 30.1 Å². The summed E-state index contributed by atoms with van der Waals surface area (Å²) in [5.74, 6) is 3.16. The molecule has 3 aliphatic rings. The zero-order valence-corrected chi connectivity index (χ0v) is 20.5. The van der Waals surface area contributed by atoms with E-state index in [-0.39, 0.29) is 6.61 Å². The molecule has 0 spiro atoms. The number of aromatic nitrogens is 2. The summed E-state index contributed by atoms with van der Waals surface area (Å²) in [6.07, 6.45) is 4.77. The molecule has 9 heteroatoms. The molecule has 2 aliphatic heterocycles. The second kappa shape index (κ2) is 11.5. The Morgan fingerprint density at radius 2 is 1.89 bits per heavy atom. The zero-order chi connectivity index (χ0) is 24.0. The largest absolute Gasteiger partial charge is 0.491 e. The first kappa shape index (κ1) is 24.2. The molecule has 1 aliphatic carbocycles. The van der Waals surface area contributed by atoms with Crippen LogP contribution in [0, 0.1) is 0 Å². The van der Waals surface area contributed by atoms with Crippen LogP contribution in [0.4, 0.5) is 11.6 Å². The van der Waals surface area contributed by atoms with Crippen molar-refractivity contribution < 1.29 is 19.3 Å². The average molecular weight is 484 g/mol. The fourth-order valence-electron chi connectivity index (χ4n) is 4.80. The number of ether oxygens (including phenoxy) is 3. The van der Waals surface area contributed by atoms with Gasteiger partial charge in [-0.3, -0.25) is 0 Å². The van der Waals surface area contributed by atoms with E-state index in [2.05, 4.69) is 21.6 Å². The molecule has 1 aromatic heterocycles. The van der Waals surface area contributed by atoms with E-state index in [1.807, 2.05) is 31.3 Å². The van der Waals surface area contributed by atoms with Crippen LogP contribution in [0.2, 0.25) is 0 Å². The molecule has 0 radical (unpaired) electrons. The lowest BCUT2D eigenvalue weighted by Crippen LogP contribution is -2.38. The molecule has 1 aromatic carbocycles. The van der Waals surface area contributed by atoms with Crippen LogP contribution in [-0.4, -0.2) is 85.9 Å². The van der Waals surface area contributed by atoms with Crippen molar-refractivity contribution >= 4 is 11.6 Å². The first-order valence-corrected chi connectivity index (χ1v) is 12.8. The molecule has 2 atom stereocenters. The van der Waals surface area contributed by atoms with Crippen LogP contribution in [0.25, 0.3) is 11.4 Å². The highest BCUT2D eigenvalue weighted by molar-refractivity contribution is 5.64. The molecule has 9 nitrogen and oxygen atoms in total. The van der Waals surface area contributed by atoms with Crippen molar-refractivity contribution in [3.05, 3.63) is 30.3 Å². The summed E-state index contributed by atoms with van der Waals surface area (Å²) in [6, 6.07) is 11.1. The van der Waals surface area contributed by atoms with Gasteiger partial charge in [0.25, 0.3) is 0 Å². The first-order chi connectivity index (χ1) is 17.2. The quantitative estimate of drug-likeness (QED) is 0.445. The van der Waals surface area contributed by atoms with Crippen LogP contribution in [0.3, 0.4) is 0 Å². The predicted octanol–water partition coefficient (Wildman–Crippen LogP) is 2.45. The number of hydrogen-bond donors (Lipinski definition) is 3. The van der Waals surface area contributed by atoms with Crippen LogP contribution < -0.4 is 20.3 Å². The lowest BCUT2D eigenvalue weighted by Gasteiger charge is -2.30. The van der Waals surface area contributed by atoms with Gasteiger partial charge in [-0.15, -0.1) is 0 Å². The molecule has 2 aromatic rings. The second-order valence-corrected chi connectivity index (χ2v) is 9.67. The van der Waals surface area contributed by atoms with Gasteiger partial charge in [-0.1, -0.05) is 12.1 Å². The maximum Gasteiger partial charge on any atom is 0.163 e. The summed E-state index contributed by atoms with van der Waals surface area (Å²) < 4.78 is 17.1. The minimum Gasteiger partial charge on any atom is -0.491 e. The number of rotatable bonds is 11. The minimum atomic E-state index is -0.570. The summed E-state index contributed by atoms with van der Waals surface area (Å²) in [6.45, 7) is 3.80. The van der Waals surface area contributed by atoms with Crippen molar-refractivity contribution in [3.63, 3.8) is 0 Å². The van der Waals surface area contributed by atoms with Crippen molar-refractivity contribution in [1.82, 2.24) is 15.3 Å². The molecule has 3 heterocycles. The SMILES string of the molecule is CNCC(O)COc1cccc(-c2nc(NC3CCOCC3)cc(N(C3CC3)[C@@H]3CCOC3)n2)c1. The summed E-state index contributed by atoms with van der Waals surface area (Å²) in [4.78, 5) is 12.4. The number of anilines is 2. The molecule has 5 rings (SSSR count). The third-order valence-electron chi connectivity index (χ3n) is 6.76. The van der Waals surface area contributed by atoms with E-state index in [1.165, 1.54) is 12.8 Å². The first-order valence-electron chi connectivity index (χ1n) is 12.8. The molecule has 1 unspecified atom stereocenters. The number of likely N-dealkylation sites (N-methyl/N-ethyl adjacent to an activating group) is 1. The van der Waals surface area contributed by atoms with Gasteiger partial charge in [0.15, 0.2) is 5.82 Å². The average Bonchev–Trinajstić information content (AvgIpc) is 3.56. The topological polar surface area (TPSA) is 101 Å². The van der Waals surface area contributed by atoms with Crippen LogP contribution in [0.5, 0.6) is 5.75 Å². The third-order valence-corrected chi connectivity index (χ3v) is 6.76. The smallest absolute Gasteiger partial charge is 0.163 e. The Kier molecular flexibility index (Phi) is 7.98. The van der Waals surface area contributed by atoms with Crippen molar-refractivity contribution in [3.8, 4) is 17.1 Å². The number of nitrogens with zero attached hydrogens (tertiary/aromatic N) is 3. The van der Waals surface area contributed by atoms with E-state index in [1.54, 1.807) is 0 Å². The fourth-order valence-corrected chi connectivity index (χ4v) is 4.80. The van der Waals surface area contributed by atoms with Crippen molar-refractivity contribution in [1.29, 1.82) is 0 Å². The highest BCUT2D eigenvalue weighted by Gasteiger charge is 2.37. The molecule has 2 saturated heterocycles. The number of benzene rings is 1. The predicted molar refractivity (Wildman–Crippen MR) is 135 cm³/mol. The van der Waals surface area contributed by atoms with Crippen LogP contribution in [0.1, 0.15) is 32.1 Å². The Balaban J connectivity index is 1.43. The Labute approximate surface area is 207 Å². The van der Waals surface area contributed by atoms with E-state index in [4.69, 9.17) is 24.2 Å². The molecular formula is C26H37N5O4. The maximum atomic E-state index is 10.0. The molecule has 35 heavy (non-hydrogen) atoms. The summed E-state index contributed by atoms with van der Waals surface area (Å²) in [5.41, 5.74) is 0.890. The molecule has 0 bridgehead atoms. The monoisotopic (exact) mass is 483 g/mol. The number of nitrogens with one attached hydrogen (secondary N) is 2. The Morgan fingerprint density at radius 3 is 2.63 bits per heavy atom. The van der Waals surface area contributed by atoms with Gasteiger partial charge in [-0.05, 0) is 51.3 Å². The van der Waals surface area contributed by atoms with Gasteiger partial charge >= 0.3 is 0 Å². The van der Waals surface area contributed by atoms with Crippen LogP contribution in [-0.2, 0) is 9.47 Å². The van der Waals surface area contributed by atoms with Gasteiger partial charge < -0.3 is 34.9 Å². The summed E-state index contributed by atoms with van der Waals surface area (Å²) in [7, 11) is 1.81. The lowest BCUT2D eigenvalue weighted by atomic mass is 10.1. The van der Waals surface area contributed by atoms with E-state index in [0.717, 1.165) is 62.9 Å². The third kappa shape index (κ3) is 6.41. The van der Waals surface area contributed by atoms with E-state index in [9.17, 15) is 5.11 Å². The minimum absolute atomic E-state index is 0.221. The fraction of sp³-hybridized carbons (Fsp3) is 0.615. The number of hydrogen-bond acceptors (Lipinski definition) is 9. The van der Waals surface area contributed by atoms with Crippen molar-refractivity contribution in [2.45, 2.75) is 56.3 Å². The van der Waals surface area contributed by atoms with E-state index in [0.29, 0.717) is 36.2 Å². The van der Waals surface area contributed by atoms with Crippen molar-refractivity contribution in [2.75, 3.05) is 56.8 Å². The van der Waals surface area contributed by atoms with Gasteiger partial charge in [0.2, 0.25) is 0 Å². The van der Waals surface area contributed by atoms with Gasteiger partial charge in [-0.2, -0.15) is 0 Å². The van der Waals surface area contributed by atoms with Gasteiger partial charge in [0, 0.05) is 50.1 Å². The van der Waals surface area contributed by atoms with Gasteiger partial charge in [0.05, 0.1) is 12.6 Å². The molecule has 0 amide bonds. The van der Waals surface area contributed by atoms with Crippen LogP contribution in [0.15, 0.2) is 30.3 Å². The van der Waals surface area contributed by atoms with E-state index >= 15 is 0 Å². The maximum absolute atomic E-state index is 10.0. The molecule has 190 valence electrons. The number of aliphatic hydroxyl groups excluding tert-OH is 1. The highest BCUT2D eigenvalue weighted by Crippen LogP contribution is 2.36. The summed E-state index contributed by atoms with van der Waals surface area (Å²) in [5, 5.41) is 16.6. The normalized spacial score (nSPS) is 21.6. The molecule has 3 N–H and O–H groups in total. The molecule has 1 saturated carbocycles. The standard InChI is InChI=1S/C26H37N5O4/c1-27-15-22(32)17-35-23-4-2-3-18(13-23)26-29-24(28-19-7-10-33-11-8-19)14-25(30-26)31(20-5-6-20)21-9-12-34-16-21/h2-4,13-14,19-22,27,32H,5-12,15-17H2,1H3,(H,28,29,30)/t21-,22?/m1/s1. The zero-order valence-electron chi connectivity index (χ0n) is 20.5. The second-order valence-electron chi connectivity index (χ2n) is 9.67. The van der Waals surface area contributed by atoms with Crippen LogP contribution >= 0.6 is 0 Å². The molecular weight excluding hydrogens is 446 g/mol. The summed E-state index contributed by atoms with van der Waals surface area (Å²) >= 11 is 0. The Hall–Kier alpha value is -2.46.